The summed E-state index contributed by atoms with van der Waals surface area (Å²) in [5.74, 6) is 0.110. The molecule has 28 heavy (non-hydrogen) atoms. The van der Waals surface area contributed by atoms with Gasteiger partial charge in [0.15, 0.2) is 5.65 Å². The number of nitrogens with zero attached hydrogens (tertiary/aromatic N) is 3. The van der Waals surface area contributed by atoms with Crippen LogP contribution in [0.2, 0.25) is 0 Å². The molecule has 1 N–H and O–H groups in total. The van der Waals surface area contributed by atoms with Crippen LogP contribution in [0.15, 0.2) is 73.2 Å². The van der Waals surface area contributed by atoms with E-state index in [4.69, 9.17) is 4.74 Å². The van der Waals surface area contributed by atoms with Crippen LogP contribution in [0.4, 0.5) is 4.39 Å². The van der Waals surface area contributed by atoms with Gasteiger partial charge in [0.25, 0.3) is 5.91 Å². The molecule has 0 aliphatic carbocycles. The van der Waals surface area contributed by atoms with Crippen LogP contribution in [0.25, 0.3) is 5.65 Å². The van der Waals surface area contributed by atoms with Crippen molar-refractivity contribution in [3.8, 4) is 5.75 Å². The van der Waals surface area contributed by atoms with Crippen LogP contribution in [-0.2, 0) is 13.2 Å². The fraction of sp³-hybridized carbons (Fsp3) is 0.0952. The summed E-state index contributed by atoms with van der Waals surface area (Å²) >= 11 is 0. The first-order valence-corrected chi connectivity index (χ1v) is 8.72. The average molecular weight is 376 g/mol. The number of nitrogens with one attached hydrogen (secondary N) is 1. The maximum atomic E-state index is 13.7. The number of hydrogen-bond acceptors (Lipinski definition) is 4. The Morgan fingerprint density at radius 3 is 2.89 bits per heavy atom. The van der Waals surface area contributed by atoms with E-state index in [1.54, 1.807) is 53.3 Å². The molecule has 0 aliphatic rings. The molecular formula is C21H17FN4O2. The first-order valence-electron chi connectivity index (χ1n) is 8.72. The van der Waals surface area contributed by atoms with Crippen LogP contribution >= 0.6 is 0 Å². The lowest BCUT2D eigenvalue weighted by Gasteiger charge is -2.10. The van der Waals surface area contributed by atoms with E-state index in [1.807, 2.05) is 18.2 Å². The number of ether oxygens (including phenoxy) is 1. The summed E-state index contributed by atoms with van der Waals surface area (Å²) in [6.07, 6.45) is 3.31. The van der Waals surface area contributed by atoms with Gasteiger partial charge in [-0.2, -0.15) is 0 Å². The highest BCUT2D eigenvalue weighted by molar-refractivity contribution is 5.94. The summed E-state index contributed by atoms with van der Waals surface area (Å²) in [7, 11) is 0. The van der Waals surface area contributed by atoms with Gasteiger partial charge in [0.2, 0.25) is 0 Å². The summed E-state index contributed by atoms with van der Waals surface area (Å²) in [5.41, 5.74) is 2.48. The number of halogens is 1. The molecule has 0 bridgehead atoms. The highest BCUT2D eigenvalue weighted by Crippen LogP contribution is 2.16. The molecule has 1 amide bonds. The number of hydrogen-bond donors (Lipinski definition) is 1. The van der Waals surface area contributed by atoms with Crippen LogP contribution in [0, 0.1) is 5.82 Å². The van der Waals surface area contributed by atoms with Crippen molar-refractivity contribution in [2.24, 2.45) is 0 Å². The summed E-state index contributed by atoms with van der Waals surface area (Å²) in [6.45, 7) is 0.481. The van der Waals surface area contributed by atoms with Gasteiger partial charge >= 0.3 is 0 Å². The van der Waals surface area contributed by atoms with Crippen LogP contribution in [0.1, 0.15) is 21.5 Å². The molecule has 0 radical (unpaired) electrons. The lowest BCUT2D eigenvalue weighted by atomic mass is 10.2. The fourth-order valence-corrected chi connectivity index (χ4v) is 2.76. The van der Waals surface area contributed by atoms with E-state index in [-0.39, 0.29) is 18.3 Å². The van der Waals surface area contributed by atoms with Crippen LogP contribution in [0.3, 0.4) is 0 Å². The van der Waals surface area contributed by atoms with Gasteiger partial charge in [0, 0.05) is 23.9 Å². The maximum absolute atomic E-state index is 13.7. The predicted octanol–water partition coefficient (Wildman–Crippen LogP) is 3.38. The third-order valence-corrected chi connectivity index (χ3v) is 4.27. The minimum atomic E-state index is -0.296. The van der Waals surface area contributed by atoms with Gasteiger partial charge in [-0.3, -0.25) is 9.20 Å². The number of benzene rings is 2. The van der Waals surface area contributed by atoms with E-state index >= 15 is 0 Å². The van der Waals surface area contributed by atoms with Crippen molar-refractivity contribution in [2.75, 3.05) is 0 Å². The first-order chi connectivity index (χ1) is 13.7. The van der Waals surface area contributed by atoms with Crippen molar-refractivity contribution in [1.82, 2.24) is 19.9 Å². The molecule has 0 saturated heterocycles. The molecule has 0 fully saturated rings. The van der Waals surface area contributed by atoms with Crippen LogP contribution in [0.5, 0.6) is 5.75 Å². The second-order valence-electron chi connectivity index (χ2n) is 6.22. The van der Waals surface area contributed by atoms with Crippen molar-refractivity contribution in [3.05, 3.63) is 95.7 Å². The number of carbonyl (C=O) groups excluding carboxylic acids is 1. The molecule has 4 rings (SSSR count). The zero-order valence-corrected chi connectivity index (χ0v) is 14.9. The largest absolute Gasteiger partial charge is 0.489 e. The lowest BCUT2D eigenvalue weighted by molar-refractivity contribution is 0.0951. The second kappa shape index (κ2) is 7.87. The van der Waals surface area contributed by atoms with E-state index in [2.05, 4.69) is 15.5 Å². The Labute approximate surface area is 160 Å². The molecule has 6 nitrogen and oxygen atoms in total. The normalized spacial score (nSPS) is 10.8. The zero-order chi connectivity index (χ0) is 19.3. The van der Waals surface area contributed by atoms with Crippen LogP contribution < -0.4 is 10.1 Å². The standard InChI is InChI=1S/C21H17FN4O2/c22-19-7-2-1-5-17(19)13-28-18-6-3-4-15(10-18)12-23-21(27)16-8-9-26-14-24-25-20(26)11-16/h1-11,14H,12-13H2,(H,23,27). The fourth-order valence-electron chi connectivity index (χ4n) is 2.76. The topological polar surface area (TPSA) is 68.5 Å². The zero-order valence-electron chi connectivity index (χ0n) is 14.9. The van der Waals surface area contributed by atoms with Crippen LogP contribution in [-0.4, -0.2) is 20.5 Å². The molecule has 0 spiro atoms. The third kappa shape index (κ3) is 3.98. The Morgan fingerprint density at radius 2 is 2.00 bits per heavy atom. The monoisotopic (exact) mass is 376 g/mol. The van der Waals surface area contributed by atoms with E-state index in [0.717, 1.165) is 5.56 Å². The van der Waals surface area contributed by atoms with E-state index in [1.165, 1.54) is 6.07 Å². The number of rotatable bonds is 6. The molecule has 4 aromatic rings. The maximum Gasteiger partial charge on any atom is 0.251 e. The summed E-state index contributed by atoms with van der Waals surface area (Å²) in [5, 5.41) is 10.6. The van der Waals surface area contributed by atoms with Crippen molar-refractivity contribution >= 4 is 11.6 Å². The van der Waals surface area contributed by atoms with Gasteiger partial charge < -0.3 is 10.1 Å². The lowest BCUT2D eigenvalue weighted by Crippen LogP contribution is -2.22. The quantitative estimate of drug-likeness (QED) is 0.560. The number of aromatic nitrogens is 3. The van der Waals surface area contributed by atoms with Crippen molar-refractivity contribution in [1.29, 1.82) is 0 Å². The SMILES string of the molecule is O=C(NCc1cccc(OCc2ccccc2F)c1)c1ccn2cnnc2c1. The van der Waals surface area contributed by atoms with Gasteiger partial charge in [-0.25, -0.2) is 4.39 Å². The minimum absolute atomic E-state index is 0.140. The molecule has 0 aliphatic heterocycles. The number of amides is 1. The molecule has 0 saturated carbocycles. The van der Waals surface area contributed by atoms with Crippen molar-refractivity contribution in [2.45, 2.75) is 13.2 Å². The highest BCUT2D eigenvalue weighted by atomic mass is 19.1. The second-order valence-corrected chi connectivity index (χ2v) is 6.22. The summed E-state index contributed by atoms with van der Waals surface area (Å²) in [6, 6.07) is 17.2. The van der Waals surface area contributed by atoms with E-state index < -0.39 is 0 Å². The van der Waals surface area contributed by atoms with E-state index in [9.17, 15) is 9.18 Å². The van der Waals surface area contributed by atoms with Gasteiger partial charge in [-0.15, -0.1) is 10.2 Å². The van der Waals surface area contributed by atoms with Gasteiger partial charge in [-0.1, -0.05) is 30.3 Å². The Morgan fingerprint density at radius 1 is 1.11 bits per heavy atom. The van der Waals surface area contributed by atoms with Crippen molar-refractivity contribution < 1.29 is 13.9 Å². The smallest absolute Gasteiger partial charge is 0.251 e. The Hall–Kier alpha value is -3.74. The summed E-state index contributed by atoms with van der Waals surface area (Å²) in [4.78, 5) is 12.4. The predicted molar refractivity (Wildman–Crippen MR) is 101 cm³/mol. The first kappa shape index (κ1) is 17.7. The van der Waals surface area contributed by atoms with E-state index in [0.29, 0.717) is 29.1 Å². The molecular weight excluding hydrogens is 359 g/mol. The number of pyridine rings is 1. The molecule has 2 heterocycles. The third-order valence-electron chi connectivity index (χ3n) is 4.27. The minimum Gasteiger partial charge on any atom is -0.489 e. The molecule has 2 aromatic heterocycles. The Balaban J connectivity index is 1.37. The summed E-state index contributed by atoms with van der Waals surface area (Å²) < 4.78 is 21.1. The van der Waals surface area contributed by atoms with Gasteiger partial charge in [0.1, 0.15) is 24.5 Å². The molecule has 140 valence electrons. The molecule has 7 heteroatoms. The molecule has 0 unspecified atom stereocenters. The molecule has 0 atom stereocenters. The van der Waals surface area contributed by atoms with Gasteiger partial charge in [-0.05, 0) is 35.9 Å². The Kier molecular flexibility index (Phi) is 4.97. The van der Waals surface area contributed by atoms with Crippen molar-refractivity contribution in [3.63, 3.8) is 0 Å². The Bertz CT molecular complexity index is 1130. The average Bonchev–Trinajstić information content (AvgIpc) is 3.19. The highest BCUT2D eigenvalue weighted by Gasteiger charge is 2.08. The number of fused-ring (bicyclic) bond motifs is 1. The number of carbonyl (C=O) groups is 1. The van der Waals surface area contributed by atoms with Gasteiger partial charge in [0.05, 0.1) is 0 Å². The molecule has 2 aromatic carbocycles.